The third kappa shape index (κ3) is 3.76. The molecule has 1 heterocycles. The van der Waals surface area contributed by atoms with Gasteiger partial charge >= 0.3 is 0 Å². The Bertz CT molecular complexity index is 298. The smallest absolute Gasteiger partial charge is 0.185 e. The van der Waals surface area contributed by atoms with Crippen LogP contribution < -0.4 is 10.2 Å². The first-order chi connectivity index (χ1) is 7.71. The van der Waals surface area contributed by atoms with Crippen LogP contribution in [0.1, 0.15) is 32.9 Å². The van der Waals surface area contributed by atoms with Gasteiger partial charge in [-0.1, -0.05) is 20.3 Å². The Morgan fingerprint density at radius 1 is 1.50 bits per heavy atom. The molecule has 4 heteroatoms. The second kappa shape index (κ2) is 6.86. The predicted octanol–water partition coefficient (Wildman–Crippen LogP) is 2.73. The van der Waals surface area contributed by atoms with Crippen molar-refractivity contribution in [2.75, 3.05) is 25.0 Å². The second-order valence-corrected chi connectivity index (χ2v) is 5.04. The summed E-state index contributed by atoms with van der Waals surface area (Å²) in [6.45, 7) is 9.74. The van der Waals surface area contributed by atoms with Gasteiger partial charge in [0.1, 0.15) is 0 Å². The largest absolute Gasteiger partial charge is 0.348 e. The molecule has 1 rings (SSSR count). The van der Waals surface area contributed by atoms with E-state index in [1.165, 1.54) is 6.42 Å². The molecule has 0 radical (unpaired) electrons. The molecule has 1 N–H and O–H groups in total. The molecular formula is C12H23N3S. The zero-order valence-electron chi connectivity index (χ0n) is 10.8. The lowest BCUT2D eigenvalue weighted by atomic mass is 10.1. The van der Waals surface area contributed by atoms with E-state index in [1.54, 1.807) is 11.3 Å². The van der Waals surface area contributed by atoms with E-state index in [9.17, 15) is 0 Å². The lowest BCUT2D eigenvalue weighted by Crippen LogP contribution is -2.28. The molecule has 1 aromatic heterocycles. The number of anilines is 1. The fourth-order valence-electron chi connectivity index (χ4n) is 1.55. The van der Waals surface area contributed by atoms with Gasteiger partial charge in [-0.25, -0.2) is 4.98 Å². The monoisotopic (exact) mass is 241 g/mol. The summed E-state index contributed by atoms with van der Waals surface area (Å²) < 4.78 is 0. The summed E-state index contributed by atoms with van der Waals surface area (Å²) in [5.74, 6) is 0.733. The molecule has 0 bridgehead atoms. The predicted molar refractivity (Wildman–Crippen MR) is 72.2 cm³/mol. The maximum absolute atomic E-state index is 4.64. The van der Waals surface area contributed by atoms with Crippen molar-refractivity contribution in [1.82, 2.24) is 10.3 Å². The van der Waals surface area contributed by atoms with Crippen molar-refractivity contribution in [2.45, 2.75) is 33.7 Å². The van der Waals surface area contributed by atoms with Gasteiger partial charge in [0, 0.05) is 25.0 Å². The first kappa shape index (κ1) is 13.5. The molecule has 0 spiro atoms. The first-order valence-electron chi connectivity index (χ1n) is 6.05. The minimum absolute atomic E-state index is 0.733. The van der Waals surface area contributed by atoms with Crippen LogP contribution >= 0.6 is 11.3 Å². The SMILES string of the molecule is CCC(C)CN(CC)c1nc(CNC)cs1. The van der Waals surface area contributed by atoms with Gasteiger partial charge < -0.3 is 10.2 Å². The molecule has 3 nitrogen and oxygen atoms in total. The molecule has 92 valence electrons. The van der Waals surface area contributed by atoms with Crippen molar-refractivity contribution in [2.24, 2.45) is 5.92 Å². The van der Waals surface area contributed by atoms with Crippen LogP contribution in [-0.4, -0.2) is 25.1 Å². The van der Waals surface area contributed by atoms with Crippen molar-refractivity contribution in [1.29, 1.82) is 0 Å². The Labute approximate surface area is 103 Å². The summed E-state index contributed by atoms with van der Waals surface area (Å²) in [7, 11) is 1.95. The van der Waals surface area contributed by atoms with Crippen LogP contribution in [0.25, 0.3) is 0 Å². The van der Waals surface area contributed by atoms with Crippen LogP contribution in [0.3, 0.4) is 0 Å². The summed E-state index contributed by atoms with van der Waals surface area (Å²) in [5.41, 5.74) is 1.14. The topological polar surface area (TPSA) is 28.2 Å². The number of nitrogens with one attached hydrogen (secondary N) is 1. The van der Waals surface area contributed by atoms with Gasteiger partial charge in [0.2, 0.25) is 0 Å². The van der Waals surface area contributed by atoms with Gasteiger partial charge in [-0.3, -0.25) is 0 Å². The molecule has 0 aliphatic heterocycles. The summed E-state index contributed by atoms with van der Waals surface area (Å²) in [5, 5.41) is 6.44. The minimum atomic E-state index is 0.733. The number of thiazole rings is 1. The second-order valence-electron chi connectivity index (χ2n) is 4.20. The van der Waals surface area contributed by atoms with Crippen molar-refractivity contribution in [3.8, 4) is 0 Å². The van der Waals surface area contributed by atoms with E-state index in [1.807, 2.05) is 7.05 Å². The fourth-order valence-corrected chi connectivity index (χ4v) is 2.45. The van der Waals surface area contributed by atoms with Gasteiger partial charge in [-0.05, 0) is 19.9 Å². The van der Waals surface area contributed by atoms with Crippen LogP contribution in [-0.2, 0) is 6.54 Å². The molecule has 0 saturated heterocycles. The maximum atomic E-state index is 4.64. The molecule has 1 unspecified atom stereocenters. The van der Waals surface area contributed by atoms with Crippen molar-refractivity contribution in [3.63, 3.8) is 0 Å². The van der Waals surface area contributed by atoms with Crippen molar-refractivity contribution >= 4 is 16.5 Å². The van der Waals surface area contributed by atoms with Crippen LogP contribution in [0.4, 0.5) is 5.13 Å². The van der Waals surface area contributed by atoms with Crippen LogP contribution in [0.15, 0.2) is 5.38 Å². The average Bonchev–Trinajstić information content (AvgIpc) is 2.74. The zero-order valence-corrected chi connectivity index (χ0v) is 11.6. The normalized spacial score (nSPS) is 12.8. The fraction of sp³-hybridized carbons (Fsp3) is 0.750. The lowest BCUT2D eigenvalue weighted by molar-refractivity contribution is 0.547. The lowest BCUT2D eigenvalue weighted by Gasteiger charge is -2.23. The van der Waals surface area contributed by atoms with Gasteiger partial charge in [-0.2, -0.15) is 0 Å². The summed E-state index contributed by atoms with van der Waals surface area (Å²) >= 11 is 1.75. The Morgan fingerprint density at radius 3 is 2.81 bits per heavy atom. The highest BCUT2D eigenvalue weighted by Gasteiger charge is 2.11. The first-order valence-corrected chi connectivity index (χ1v) is 6.93. The molecule has 0 saturated carbocycles. The molecular weight excluding hydrogens is 218 g/mol. The third-order valence-corrected chi connectivity index (χ3v) is 3.73. The number of hydrogen-bond acceptors (Lipinski definition) is 4. The molecule has 0 fully saturated rings. The number of rotatable bonds is 7. The van der Waals surface area contributed by atoms with E-state index in [-0.39, 0.29) is 0 Å². The van der Waals surface area contributed by atoms with E-state index in [2.05, 4.69) is 41.4 Å². The number of aromatic nitrogens is 1. The molecule has 0 aliphatic carbocycles. The highest BCUT2D eigenvalue weighted by atomic mass is 32.1. The van der Waals surface area contributed by atoms with Crippen LogP contribution in [0.2, 0.25) is 0 Å². The minimum Gasteiger partial charge on any atom is -0.348 e. The van der Waals surface area contributed by atoms with Gasteiger partial charge in [0.05, 0.1) is 5.69 Å². The van der Waals surface area contributed by atoms with E-state index in [0.717, 1.165) is 36.4 Å². The Kier molecular flexibility index (Phi) is 5.77. The standard InChI is InChI=1S/C12H23N3S/c1-5-10(3)8-15(6-2)12-14-11(7-13-4)9-16-12/h9-10,13H,5-8H2,1-4H3. The van der Waals surface area contributed by atoms with Crippen LogP contribution in [0.5, 0.6) is 0 Å². The number of nitrogens with zero attached hydrogens (tertiary/aromatic N) is 2. The summed E-state index contributed by atoms with van der Waals surface area (Å²) in [4.78, 5) is 7.01. The zero-order chi connectivity index (χ0) is 12.0. The quantitative estimate of drug-likeness (QED) is 0.795. The Hall–Kier alpha value is -0.610. The van der Waals surface area contributed by atoms with Gasteiger partial charge in [0.15, 0.2) is 5.13 Å². The highest BCUT2D eigenvalue weighted by molar-refractivity contribution is 7.13. The number of hydrogen-bond donors (Lipinski definition) is 1. The molecule has 0 aliphatic rings. The molecule has 1 atom stereocenters. The van der Waals surface area contributed by atoms with Crippen molar-refractivity contribution in [3.05, 3.63) is 11.1 Å². The van der Waals surface area contributed by atoms with Crippen LogP contribution in [0, 0.1) is 5.92 Å². The van der Waals surface area contributed by atoms with E-state index in [0.29, 0.717) is 0 Å². The molecule has 16 heavy (non-hydrogen) atoms. The van der Waals surface area contributed by atoms with E-state index in [4.69, 9.17) is 0 Å². The molecule has 0 amide bonds. The van der Waals surface area contributed by atoms with Gasteiger partial charge in [0.25, 0.3) is 0 Å². The summed E-state index contributed by atoms with van der Waals surface area (Å²) in [6, 6.07) is 0. The van der Waals surface area contributed by atoms with Gasteiger partial charge in [-0.15, -0.1) is 11.3 Å². The molecule has 1 aromatic rings. The van der Waals surface area contributed by atoms with E-state index < -0.39 is 0 Å². The average molecular weight is 241 g/mol. The molecule has 0 aromatic carbocycles. The maximum Gasteiger partial charge on any atom is 0.185 e. The van der Waals surface area contributed by atoms with Crippen molar-refractivity contribution < 1.29 is 0 Å². The Balaban J connectivity index is 2.63. The highest BCUT2D eigenvalue weighted by Crippen LogP contribution is 2.21. The van der Waals surface area contributed by atoms with E-state index >= 15 is 0 Å². The summed E-state index contributed by atoms with van der Waals surface area (Å²) in [6.07, 6.45) is 1.23. The Morgan fingerprint density at radius 2 is 2.25 bits per heavy atom. The third-order valence-electron chi connectivity index (χ3n) is 2.78.